The van der Waals surface area contributed by atoms with Crippen LogP contribution in [0.1, 0.15) is 16.9 Å². The average Bonchev–Trinajstić information content (AvgIpc) is 3.12. The first kappa shape index (κ1) is 14.4. The van der Waals surface area contributed by atoms with E-state index in [1.807, 2.05) is 30.3 Å². The van der Waals surface area contributed by atoms with Gasteiger partial charge in [-0.05, 0) is 12.1 Å². The molecule has 1 N–H and O–H groups in total. The number of amides is 2. The zero-order valence-corrected chi connectivity index (χ0v) is 12.7. The van der Waals surface area contributed by atoms with E-state index in [1.165, 1.54) is 4.90 Å². The number of para-hydroxylation sites is 1. The molecule has 0 radical (unpaired) electrons. The molecule has 1 aliphatic rings. The molecule has 1 atom stereocenters. The van der Waals surface area contributed by atoms with E-state index in [2.05, 4.69) is 4.98 Å². The van der Waals surface area contributed by atoms with Crippen LogP contribution in [-0.4, -0.2) is 60.1 Å². The van der Waals surface area contributed by atoms with Gasteiger partial charge < -0.3 is 19.5 Å². The number of benzene rings is 1. The number of fused-ring (bicyclic) bond motifs is 1. The first-order valence-electron chi connectivity index (χ1n) is 7.29. The number of carbonyl (C=O) groups is 2. The maximum Gasteiger partial charge on any atom is 0.409 e. The van der Waals surface area contributed by atoms with Gasteiger partial charge in [0.2, 0.25) is 0 Å². The van der Waals surface area contributed by atoms with Crippen molar-refractivity contribution < 1.29 is 14.3 Å². The minimum atomic E-state index is -0.370. The van der Waals surface area contributed by atoms with Crippen molar-refractivity contribution in [2.24, 2.45) is 0 Å². The number of rotatable bonds is 2. The van der Waals surface area contributed by atoms with Crippen molar-refractivity contribution in [3.05, 3.63) is 36.0 Å². The summed E-state index contributed by atoms with van der Waals surface area (Å²) in [5, 5.41) is 1.01. The minimum Gasteiger partial charge on any atom is -0.444 e. The number of aromatic amines is 1. The largest absolute Gasteiger partial charge is 0.444 e. The van der Waals surface area contributed by atoms with E-state index in [9.17, 15) is 9.59 Å². The molecule has 1 aliphatic heterocycles. The van der Waals surface area contributed by atoms with Crippen LogP contribution in [0, 0.1) is 0 Å². The maximum absolute atomic E-state index is 12.5. The molecule has 1 saturated heterocycles. The van der Waals surface area contributed by atoms with E-state index >= 15 is 0 Å². The predicted molar refractivity (Wildman–Crippen MR) is 82.8 cm³/mol. The number of hydrogen-bond donors (Lipinski definition) is 1. The van der Waals surface area contributed by atoms with E-state index in [1.54, 1.807) is 19.0 Å². The zero-order chi connectivity index (χ0) is 15.7. The second kappa shape index (κ2) is 5.71. The summed E-state index contributed by atoms with van der Waals surface area (Å²) in [5.74, 6) is -0.0559. The van der Waals surface area contributed by atoms with Crippen LogP contribution >= 0.6 is 0 Å². The average molecular weight is 301 g/mol. The van der Waals surface area contributed by atoms with Crippen molar-refractivity contribution in [2.45, 2.75) is 12.5 Å². The number of carbonyl (C=O) groups excluding carboxylic acids is 2. The smallest absolute Gasteiger partial charge is 0.409 e. The second-order valence-corrected chi connectivity index (χ2v) is 5.71. The quantitative estimate of drug-likeness (QED) is 0.923. The Morgan fingerprint density at radius 1 is 1.32 bits per heavy atom. The monoisotopic (exact) mass is 301 g/mol. The molecule has 6 nitrogen and oxygen atoms in total. The summed E-state index contributed by atoms with van der Waals surface area (Å²) in [7, 11) is 3.29. The summed E-state index contributed by atoms with van der Waals surface area (Å²) in [6.07, 6.45) is 0.0686. The van der Waals surface area contributed by atoms with Crippen molar-refractivity contribution in [3.63, 3.8) is 0 Å². The van der Waals surface area contributed by atoms with Gasteiger partial charge in [0.1, 0.15) is 11.8 Å². The van der Waals surface area contributed by atoms with Crippen molar-refractivity contribution in [2.75, 3.05) is 27.2 Å². The third-order valence-corrected chi connectivity index (χ3v) is 3.83. The van der Waals surface area contributed by atoms with Gasteiger partial charge in [0, 0.05) is 38.0 Å². The number of nitrogens with zero attached hydrogens (tertiary/aromatic N) is 2. The summed E-state index contributed by atoms with van der Waals surface area (Å²) < 4.78 is 5.33. The van der Waals surface area contributed by atoms with Crippen LogP contribution in [0.3, 0.4) is 0 Å². The van der Waals surface area contributed by atoms with Crippen molar-refractivity contribution in [1.29, 1.82) is 0 Å². The van der Waals surface area contributed by atoms with Crippen molar-refractivity contribution in [3.8, 4) is 0 Å². The Labute approximate surface area is 128 Å². The highest BCUT2D eigenvalue weighted by Crippen LogP contribution is 2.19. The lowest BCUT2D eigenvalue weighted by Gasteiger charge is -2.17. The van der Waals surface area contributed by atoms with Crippen LogP contribution in [0.15, 0.2) is 30.3 Å². The van der Waals surface area contributed by atoms with Gasteiger partial charge in [-0.15, -0.1) is 0 Å². The van der Waals surface area contributed by atoms with Crippen molar-refractivity contribution >= 4 is 22.9 Å². The highest BCUT2D eigenvalue weighted by Gasteiger charge is 2.30. The molecule has 1 fully saturated rings. The molecule has 1 aromatic carbocycles. The molecule has 0 aliphatic carbocycles. The van der Waals surface area contributed by atoms with Gasteiger partial charge in [-0.25, -0.2) is 4.79 Å². The van der Waals surface area contributed by atoms with Gasteiger partial charge in [0.15, 0.2) is 0 Å². The lowest BCUT2D eigenvalue weighted by Crippen LogP contribution is -2.33. The lowest BCUT2D eigenvalue weighted by atomic mass is 10.2. The second-order valence-electron chi connectivity index (χ2n) is 5.71. The van der Waals surface area contributed by atoms with Crippen LogP contribution in [-0.2, 0) is 4.74 Å². The molecule has 1 aromatic heterocycles. The third kappa shape index (κ3) is 2.77. The van der Waals surface area contributed by atoms with Gasteiger partial charge in [0.25, 0.3) is 5.91 Å². The van der Waals surface area contributed by atoms with Gasteiger partial charge in [-0.2, -0.15) is 0 Å². The fourth-order valence-electron chi connectivity index (χ4n) is 2.62. The molecule has 1 unspecified atom stereocenters. The van der Waals surface area contributed by atoms with Gasteiger partial charge >= 0.3 is 6.09 Å². The molecule has 6 heteroatoms. The number of aromatic nitrogens is 1. The number of likely N-dealkylation sites (tertiary alicyclic amines) is 1. The van der Waals surface area contributed by atoms with Crippen LogP contribution in [0.4, 0.5) is 4.79 Å². The molecular formula is C16H19N3O3. The fraction of sp³-hybridized carbons (Fsp3) is 0.375. The van der Waals surface area contributed by atoms with Gasteiger partial charge in [-0.3, -0.25) is 4.79 Å². The molecule has 2 amide bonds. The summed E-state index contributed by atoms with van der Waals surface area (Å²) >= 11 is 0. The van der Waals surface area contributed by atoms with Gasteiger partial charge in [-0.1, -0.05) is 18.2 Å². The Morgan fingerprint density at radius 3 is 2.82 bits per heavy atom. The first-order chi connectivity index (χ1) is 10.5. The summed E-state index contributed by atoms with van der Waals surface area (Å²) in [6.45, 7) is 1.04. The van der Waals surface area contributed by atoms with E-state index in [-0.39, 0.29) is 18.1 Å². The molecule has 22 heavy (non-hydrogen) atoms. The molecular weight excluding hydrogens is 282 g/mol. The number of hydrogen-bond acceptors (Lipinski definition) is 3. The first-order valence-corrected chi connectivity index (χ1v) is 7.29. The summed E-state index contributed by atoms with van der Waals surface area (Å²) in [6, 6.07) is 9.64. The summed E-state index contributed by atoms with van der Waals surface area (Å²) in [4.78, 5) is 30.3. The maximum atomic E-state index is 12.5. The van der Waals surface area contributed by atoms with Crippen LogP contribution in [0.25, 0.3) is 10.9 Å². The Bertz CT molecular complexity index is 674. The Kier molecular flexibility index (Phi) is 3.75. The number of nitrogens with one attached hydrogen (secondary N) is 1. The normalized spacial score (nSPS) is 17.7. The molecule has 0 spiro atoms. The van der Waals surface area contributed by atoms with Gasteiger partial charge in [0.05, 0.1) is 6.54 Å². The SMILES string of the molecule is CN(C)C(=O)OC1CCN(C(=O)c2cc3ccccc3[nH]2)C1. The van der Waals surface area contributed by atoms with Crippen LogP contribution < -0.4 is 0 Å². The molecule has 0 saturated carbocycles. The molecule has 2 heterocycles. The summed E-state index contributed by atoms with van der Waals surface area (Å²) in [5.41, 5.74) is 1.52. The molecule has 3 rings (SSSR count). The van der Waals surface area contributed by atoms with Crippen LogP contribution in [0.2, 0.25) is 0 Å². The molecule has 0 bridgehead atoms. The Balaban J connectivity index is 1.67. The van der Waals surface area contributed by atoms with E-state index in [0.29, 0.717) is 25.2 Å². The highest BCUT2D eigenvalue weighted by atomic mass is 16.6. The fourth-order valence-corrected chi connectivity index (χ4v) is 2.62. The lowest BCUT2D eigenvalue weighted by molar-refractivity contribution is 0.0662. The highest BCUT2D eigenvalue weighted by molar-refractivity contribution is 5.98. The Hall–Kier alpha value is -2.50. The topological polar surface area (TPSA) is 65.6 Å². The van der Waals surface area contributed by atoms with Crippen molar-refractivity contribution in [1.82, 2.24) is 14.8 Å². The van der Waals surface area contributed by atoms with E-state index in [0.717, 1.165) is 10.9 Å². The molecule has 2 aromatic rings. The Morgan fingerprint density at radius 2 is 2.09 bits per heavy atom. The van der Waals surface area contributed by atoms with E-state index < -0.39 is 0 Å². The van der Waals surface area contributed by atoms with Crippen LogP contribution in [0.5, 0.6) is 0 Å². The number of ether oxygens (including phenoxy) is 1. The number of H-pyrrole nitrogens is 1. The zero-order valence-electron chi connectivity index (χ0n) is 12.7. The predicted octanol–water partition coefficient (Wildman–Crippen LogP) is 2.08. The third-order valence-electron chi connectivity index (χ3n) is 3.83. The standard InChI is InChI=1S/C16H19N3O3/c1-18(2)16(21)22-12-7-8-19(10-12)15(20)14-9-11-5-3-4-6-13(11)17-14/h3-6,9,12,17H,7-8,10H2,1-2H3. The minimum absolute atomic E-state index is 0.0559. The van der Waals surface area contributed by atoms with E-state index in [4.69, 9.17) is 4.74 Å². The molecule has 116 valence electrons.